The Morgan fingerprint density at radius 2 is 1.86 bits per heavy atom. The highest BCUT2D eigenvalue weighted by atomic mass is 32.2. The quantitative estimate of drug-likeness (QED) is 0.617. The molecular formula is C19H20N4O4S2. The Morgan fingerprint density at radius 3 is 2.45 bits per heavy atom. The maximum Gasteiger partial charge on any atom is 0.267 e. The molecule has 152 valence electrons. The van der Waals surface area contributed by atoms with Crippen molar-refractivity contribution in [2.45, 2.75) is 25.7 Å². The van der Waals surface area contributed by atoms with Crippen LogP contribution in [0.5, 0.6) is 5.88 Å². The van der Waals surface area contributed by atoms with Gasteiger partial charge in [0.25, 0.3) is 15.9 Å². The van der Waals surface area contributed by atoms with Crippen molar-refractivity contribution >= 4 is 38.8 Å². The van der Waals surface area contributed by atoms with Gasteiger partial charge in [-0.2, -0.15) is 4.37 Å². The molecule has 2 heterocycles. The number of pyridine rings is 1. The van der Waals surface area contributed by atoms with Crippen molar-refractivity contribution in [2.24, 2.45) is 0 Å². The molecule has 0 spiro atoms. The standard InChI is InChI=1S/C19H20N4O4S2/c1-11-6-5-7-12(2)17(11)23-29(25,26)16-8-14(9-20-19(16)27-4)21-18(24)15-10-28-22-13(15)3/h5-10,23H,1-4H3,(H,21,24). The molecule has 2 aromatic heterocycles. The van der Waals surface area contributed by atoms with Gasteiger partial charge in [0.1, 0.15) is 0 Å². The second-order valence-corrected chi connectivity index (χ2v) is 8.65. The number of ether oxygens (including phenoxy) is 1. The first-order valence-electron chi connectivity index (χ1n) is 8.58. The summed E-state index contributed by atoms with van der Waals surface area (Å²) in [6.07, 6.45) is 1.34. The van der Waals surface area contributed by atoms with Crippen molar-refractivity contribution < 1.29 is 17.9 Å². The molecule has 1 amide bonds. The molecule has 0 saturated heterocycles. The van der Waals surface area contributed by atoms with Crippen molar-refractivity contribution in [3.05, 3.63) is 58.2 Å². The van der Waals surface area contributed by atoms with E-state index in [1.807, 2.05) is 32.0 Å². The van der Waals surface area contributed by atoms with E-state index in [0.717, 1.165) is 11.1 Å². The lowest BCUT2D eigenvalue weighted by atomic mass is 10.1. The number of sulfonamides is 1. The van der Waals surface area contributed by atoms with E-state index in [9.17, 15) is 13.2 Å². The van der Waals surface area contributed by atoms with E-state index >= 15 is 0 Å². The molecule has 10 heteroatoms. The van der Waals surface area contributed by atoms with Gasteiger partial charge in [-0.15, -0.1) is 0 Å². The topological polar surface area (TPSA) is 110 Å². The molecule has 0 saturated carbocycles. The van der Waals surface area contributed by atoms with Crippen LogP contribution in [0.1, 0.15) is 27.2 Å². The van der Waals surface area contributed by atoms with Gasteiger partial charge in [0.2, 0.25) is 5.88 Å². The van der Waals surface area contributed by atoms with E-state index in [2.05, 4.69) is 19.4 Å². The number of hydrogen-bond donors (Lipinski definition) is 2. The van der Waals surface area contributed by atoms with Crippen molar-refractivity contribution in [3.63, 3.8) is 0 Å². The Morgan fingerprint density at radius 1 is 1.17 bits per heavy atom. The number of hydrogen-bond acceptors (Lipinski definition) is 7. The fourth-order valence-corrected chi connectivity index (χ4v) is 4.76. The average Bonchev–Trinajstić information content (AvgIpc) is 3.11. The molecule has 2 N–H and O–H groups in total. The third-order valence-electron chi connectivity index (χ3n) is 4.27. The van der Waals surface area contributed by atoms with Gasteiger partial charge in [0.05, 0.1) is 35.9 Å². The number of para-hydroxylation sites is 1. The van der Waals surface area contributed by atoms with Crippen LogP contribution < -0.4 is 14.8 Å². The highest BCUT2D eigenvalue weighted by molar-refractivity contribution is 7.92. The molecule has 29 heavy (non-hydrogen) atoms. The first-order chi connectivity index (χ1) is 13.7. The molecule has 1 aromatic carbocycles. The normalized spacial score (nSPS) is 11.2. The van der Waals surface area contributed by atoms with Gasteiger partial charge in [0.15, 0.2) is 4.90 Å². The van der Waals surface area contributed by atoms with Crippen LogP contribution in [0.4, 0.5) is 11.4 Å². The predicted octanol–water partition coefficient (Wildman–Crippen LogP) is 3.53. The van der Waals surface area contributed by atoms with Crippen LogP contribution in [0.15, 0.2) is 40.7 Å². The zero-order valence-corrected chi connectivity index (χ0v) is 17.9. The lowest BCUT2D eigenvalue weighted by Crippen LogP contribution is -2.18. The minimum absolute atomic E-state index is 0.0740. The van der Waals surface area contributed by atoms with Gasteiger partial charge in [-0.3, -0.25) is 9.52 Å². The summed E-state index contributed by atoms with van der Waals surface area (Å²) in [5.74, 6) is -0.468. The molecule has 0 radical (unpaired) electrons. The Balaban J connectivity index is 1.96. The summed E-state index contributed by atoms with van der Waals surface area (Å²) >= 11 is 1.17. The zero-order valence-electron chi connectivity index (χ0n) is 16.3. The molecule has 8 nitrogen and oxygen atoms in total. The molecule has 0 aliphatic rings. The van der Waals surface area contributed by atoms with Crippen molar-refractivity contribution in [1.82, 2.24) is 9.36 Å². The van der Waals surface area contributed by atoms with Crippen molar-refractivity contribution in [3.8, 4) is 5.88 Å². The Bertz CT molecular complexity index is 1150. The third kappa shape index (κ3) is 4.38. The SMILES string of the molecule is COc1ncc(NC(=O)c2csnc2C)cc1S(=O)(=O)Nc1c(C)cccc1C. The number of amides is 1. The smallest absolute Gasteiger partial charge is 0.267 e. The minimum atomic E-state index is -4.02. The number of rotatable bonds is 6. The lowest BCUT2D eigenvalue weighted by Gasteiger charge is -2.15. The summed E-state index contributed by atoms with van der Waals surface area (Å²) in [5.41, 5.74) is 3.30. The Labute approximate surface area is 173 Å². The van der Waals surface area contributed by atoms with Gasteiger partial charge in [0, 0.05) is 5.38 Å². The minimum Gasteiger partial charge on any atom is -0.480 e. The molecule has 0 aliphatic carbocycles. The lowest BCUT2D eigenvalue weighted by molar-refractivity contribution is 0.102. The van der Waals surface area contributed by atoms with Gasteiger partial charge in [-0.25, -0.2) is 13.4 Å². The Hall–Kier alpha value is -2.98. The van der Waals surface area contributed by atoms with E-state index in [1.54, 1.807) is 12.3 Å². The number of carbonyl (C=O) groups excluding carboxylic acids is 1. The van der Waals surface area contributed by atoms with Crippen LogP contribution in [0.2, 0.25) is 0 Å². The maximum atomic E-state index is 13.1. The number of nitrogens with one attached hydrogen (secondary N) is 2. The van der Waals surface area contributed by atoms with Crippen LogP contribution in [-0.4, -0.2) is 30.8 Å². The number of anilines is 2. The first kappa shape index (κ1) is 20.7. The van der Waals surface area contributed by atoms with E-state index in [1.165, 1.54) is 30.9 Å². The summed E-state index contributed by atoms with van der Waals surface area (Å²) in [4.78, 5) is 16.3. The summed E-state index contributed by atoms with van der Waals surface area (Å²) in [6, 6.07) is 6.79. The van der Waals surface area contributed by atoms with Crippen molar-refractivity contribution in [1.29, 1.82) is 0 Å². The first-order valence-corrected chi connectivity index (χ1v) is 10.9. The molecule has 0 atom stereocenters. The van der Waals surface area contributed by atoms with Gasteiger partial charge >= 0.3 is 0 Å². The number of nitrogens with zero attached hydrogens (tertiary/aromatic N) is 2. The highest BCUT2D eigenvalue weighted by Crippen LogP contribution is 2.29. The number of carbonyl (C=O) groups is 1. The number of aryl methyl sites for hydroxylation is 3. The monoisotopic (exact) mass is 432 g/mol. The number of methoxy groups -OCH3 is 1. The van der Waals surface area contributed by atoms with Gasteiger partial charge in [-0.05, 0) is 49.5 Å². The molecule has 0 bridgehead atoms. The number of aromatic nitrogens is 2. The van der Waals surface area contributed by atoms with E-state index < -0.39 is 15.9 Å². The maximum absolute atomic E-state index is 13.1. The molecule has 3 aromatic rings. The van der Waals surface area contributed by atoms with E-state index in [4.69, 9.17) is 4.74 Å². The molecule has 0 unspecified atom stereocenters. The van der Waals surface area contributed by atoms with Crippen LogP contribution in [0.3, 0.4) is 0 Å². The van der Waals surface area contributed by atoms with Gasteiger partial charge in [-0.1, -0.05) is 18.2 Å². The van der Waals surface area contributed by atoms with Crippen LogP contribution in [-0.2, 0) is 10.0 Å². The summed E-state index contributed by atoms with van der Waals surface area (Å²) < 4.78 is 37.9. The zero-order chi connectivity index (χ0) is 21.2. The largest absolute Gasteiger partial charge is 0.480 e. The second kappa shape index (κ2) is 8.18. The fraction of sp³-hybridized carbons (Fsp3) is 0.211. The predicted molar refractivity (Wildman–Crippen MR) is 112 cm³/mol. The summed E-state index contributed by atoms with van der Waals surface area (Å²) in [5, 5.41) is 4.28. The fourth-order valence-electron chi connectivity index (χ4n) is 2.72. The average molecular weight is 433 g/mol. The van der Waals surface area contributed by atoms with Crippen LogP contribution in [0.25, 0.3) is 0 Å². The van der Waals surface area contributed by atoms with E-state index in [-0.39, 0.29) is 16.5 Å². The van der Waals surface area contributed by atoms with Gasteiger partial charge < -0.3 is 10.1 Å². The molecular weight excluding hydrogens is 412 g/mol. The van der Waals surface area contributed by atoms with Crippen LogP contribution in [0, 0.1) is 20.8 Å². The highest BCUT2D eigenvalue weighted by Gasteiger charge is 2.24. The summed E-state index contributed by atoms with van der Waals surface area (Å²) in [7, 11) is -2.69. The van der Waals surface area contributed by atoms with E-state index in [0.29, 0.717) is 16.9 Å². The number of benzene rings is 1. The summed E-state index contributed by atoms with van der Waals surface area (Å²) in [6.45, 7) is 5.35. The van der Waals surface area contributed by atoms with Crippen LogP contribution >= 0.6 is 11.5 Å². The second-order valence-electron chi connectivity index (χ2n) is 6.37. The molecule has 0 fully saturated rings. The molecule has 0 aliphatic heterocycles. The Kier molecular flexibility index (Phi) is 5.85. The van der Waals surface area contributed by atoms with Crippen molar-refractivity contribution in [2.75, 3.05) is 17.1 Å². The third-order valence-corrected chi connectivity index (χ3v) is 6.34. The molecule has 3 rings (SSSR count).